The average Bonchev–Trinajstić information content (AvgIpc) is 2.99. The van der Waals surface area contributed by atoms with E-state index in [1.165, 1.54) is 0 Å². The molecule has 4 atom stereocenters. The Morgan fingerprint density at radius 1 is 1.28 bits per heavy atom. The molecule has 1 aromatic carbocycles. The number of aliphatic hydroxyl groups is 1. The molecular formula is C14H18O4. The van der Waals surface area contributed by atoms with Gasteiger partial charge in [0.15, 0.2) is 6.29 Å². The Morgan fingerprint density at radius 2 is 2.06 bits per heavy atom. The van der Waals surface area contributed by atoms with Gasteiger partial charge in [-0.05, 0) is 6.42 Å². The quantitative estimate of drug-likeness (QED) is 0.886. The summed E-state index contributed by atoms with van der Waals surface area (Å²) in [4.78, 5) is 0. The Bertz CT molecular complexity index is 402. The largest absolute Gasteiger partial charge is 0.393 e. The van der Waals surface area contributed by atoms with Crippen LogP contribution in [0.5, 0.6) is 0 Å². The summed E-state index contributed by atoms with van der Waals surface area (Å²) in [5.74, 6) is 0. The minimum atomic E-state index is -0.603. The fourth-order valence-corrected chi connectivity index (χ4v) is 2.72. The second-order valence-corrected chi connectivity index (χ2v) is 4.86. The van der Waals surface area contributed by atoms with Crippen molar-refractivity contribution in [3.05, 3.63) is 35.9 Å². The van der Waals surface area contributed by atoms with E-state index >= 15 is 0 Å². The monoisotopic (exact) mass is 250 g/mol. The molecule has 3 unspecified atom stereocenters. The first kappa shape index (κ1) is 12.1. The second kappa shape index (κ2) is 4.63. The van der Waals surface area contributed by atoms with Gasteiger partial charge in [-0.25, -0.2) is 0 Å². The van der Waals surface area contributed by atoms with Crippen LogP contribution in [0.15, 0.2) is 30.3 Å². The van der Waals surface area contributed by atoms with Crippen LogP contribution < -0.4 is 0 Å². The molecule has 2 saturated heterocycles. The van der Waals surface area contributed by atoms with Crippen LogP contribution in [0.2, 0.25) is 0 Å². The SMILES string of the molecule is CC[C@]1(CO)OCC2OC(c3ccccc3)OC21. The van der Waals surface area contributed by atoms with Crippen molar-refractivity contribution in [3.63, 3.8) is 0 Å². The number of aliphatic hydroxyl groups excluding tert-OH is 1. The highest BCUT2D eigenvalue weighted by atomic mass is 16.8. The van der Waals surface area contributed by atoms with Gasteiger partial charge >= 0.3 is 0 Å². The van der Waals surface area contributed by atoms with E-state index in [0.717, 1.165) is 12.0 Å². The van der Waals surface area contributed by atoms with Crippen molar-refractivity contribution < 1.29 is 19.3 Å². The standard InChI is InChI=1S/C14H18O4/c1-2-14(9-15)12-11(8-16-14)17-13(18-12)10-6-4-3-5-7-10/h3-7,11-13,15H,2,8-9H2,1H3/t11?,12?,13?,14-/m1/s1. The molecule has 0 saturated carbocycles. The fraction of sp³-hybridized carbons (Fsp3) is 0.571. The van der Waals surface area contributed by atoms with Crippen LogP contribution >= 0.6 is 0 Å². The van der Waals surface area contributed by atoms with Crippen LogP contribution in [0.4, 0.5) is 0 Å². The maximum Gasteiger partial charge on any atom is 0.184 e. The van der Waals surface area contributed by atoms with Gasteiger partial charge in [-0.2, -0.15) is 0 Å². The van der Waals surface area contributed by atoms with Crippen LogP contribution in [0, 0.1) is 0 Å². The van der Waals surface area contributed by atoms with Gasteiger partial charge in [-0.3, -0.25) is 0 Å². The maximum atomic E-state index is 9.56. The summed E-state index contributed by atoms with van der Waals surface area (Å²) in [6, 6.07) is 9.86. The third-order valence-corrected chi connectivity index (χ3v) is 3.90. The molecule has 4 nitrogen and oxygen atoms in total. The topological polar surface area (TPSA) is 47.9 Å². The van der Waals surface area contributed by atoms with Gasteiger partial charge < -0.3 is 19.3 Å². The van der Waals surface area contributed by atoms with E-state index in [1.807, 2.05) is 37.3 Å². The molecule has 0 spiro atoms. The van der Waals surface area contributed by atoms with Crippen molar-refractivity contribution in [1.82, 2.24) is 0 Å². The summed E-state index contributed by atoms with van der Waals surface area (Å²) in [5, 5.41) is 9.56. The van der Waals surface area contributed by atoms with E-state index in [9.17, 15) is 5.11 Å². The molecule has 2 aliphatic heterocycles. The lowest BCUT2D eigenvalue weighted by Crippen LogP contribution is -2.45. The molecule has 0 radical (unpaired) electrons. The van der Waals surface area contributed by atoms with E-state index in [4.69, 9.17) is 14.2 Å². The molecular weight excluding hydrogens is 232 g/mol. The lowest BCUT2D eigenvalue weighted by atomic mass is 9.94. The molecule has 2 fully saturated rings. The summed E-state index contributed by atoms with van der Waals surface area (Å²) < 4.78 is 17.5. The lowest BCUT2D eigenvalue weighted by molar-refractivity contribution is -0.159. The number of fused-ring (bicyclic) bond motifs is 1. The summed E-state index contributed by atoms with van der Waals surface area (Å²) in [7, 11) is 0. The average molecular weight is 250 g/mol. The minimum Gasteiger partial charge on any atom is -0.393 e. The van der Waals surface area contributed by atoms with Gasteiger partial charge in [-0.1, -0.05) is 37.3 Å². The number of benzene rings is 1. The van der Waals surface area contributed by atoms with Crippen LogP contribution in [-0.4, -0.2) is 36.1 Å². The van der Waals surface area contributed by atoms with Crippen LogP contribution in [-0.2, 0) is 14.2 Å². The molecule has 4 heteroatoms. The molecule has 0 bridgehead atoms. The Kier molecular flexibility index (Phi) is 3.11. The van der Waals surface area contributed by atoms with Crippen LogP contribution in [0.3, 0.4) is 0 Å². The minimum absolute atomic E-state index is 0.0322. The summed E-state index contributed by atoms with van der Waals surface area (Å²) in [6.07, 6.45) is 0.109. The first-order valence-electron chi connectivity index (χ1n) is 6.40. The molecule has 2 heterocycles. The molecule has 98 valence electrons. The van der Waals surface area contributed by atoms with Gasteiger partial charge in [0.1, 0.15) is 17.8 Å². The predicted molar refractivity (Wildman–Crippen MR) is 65.0 cm³/mol. The maximum absolute atomic E-state index is 9.56. The van der Waals surface area contributed by atoms with Gasteiger partial charge in [0, 0.05) is 5.56 Å². The summed E-state index contributed by atoms with van der Waals surface area (Å²) in [6.45, 7) is 2.45. The predicted octanol–water partition coefficient (Wildman–Crippen LogP) is 1.64. The lowest BCUT2D eigenvalue weighted by Gasteiger charge is -2.29. The fourth-order valence-electron chi connectivity index (χ4n) is 2.72. The van der Waals surface area contributed by atoms with Crippen molar-refractivity contribution in [1.29, 1.82) is 0 Å². The van der Waals surface area contributed by atoms with Crippen molar-refractivity contribution in [2.24, 2.45) is 0 Å². The summed E-state index contributed by atoms with van der Waals surface area (Å²) in [5.41, 5.74) is 0.406. The number of ether oxygens (including phenoxy) is 3. The van der Waals surface area contributed by atoms with Gasteiger partial charge in [0.05, 0.1) is 13.2 Å². The molecule has 1 aromatic rings. The Hall–Kier alpha value is -0.940. The molecule has 1 N–H and O–H groups in total. The zero-order valence-corrected chi connectivity index (χ0v) is 10.4. The highest BCUT2D eigenvalue weighted by Crippen LogP contribution is 2.43. The molecule has 0 aromatic heterocycles. The molecule has 3 rings (SSSR count). The van der Waals surface area contributed by atoms with E-state index in [2.05, 4.69) is 0 Å². The smallest absolute Gasteiger partial charge is 0.184 e. The van der Waals surface area contributed by atoms with Crippen LogP contribution in [0.25, 0.3) is 0 Å². The van der Waals surface area contributed by atoms with Crippen molar-refractivity contribution in [3.8, 4) is 0 Å². The Balaban J connectivity index is 1.80. The third kappa shape index (κ3) is 1.77. The first-order valence-corrected chi connectivity index (χ1v) is 6.40. The van der Waals surface area contributed by atoms with E-state index in [-0.39, 0.29) is 25.1 Å². The summed E-state index contributed by atoms with van der Waals surface area (Å²) >= 11 is 0. The second-order valence-electron chi connectivity index (χ2n) is 4.86. The molecule has 0 amide bonds. The first-order chi connectivity index (χ1) is 8.79. The highest BCUT2D eigenvalue weighted by molar-refractivity contribution is 5.17. The zero-order chi connectivity index (χ0) is 12.6. The number of hydrogen-bond acceptors (Lipinski definition) is 4. The number of rotatable bonds is 3. The van der Waals surface area contributed by atoms with E-state index < -0.39 is 5.60 Å². The van der Waals surface area contributed by atoms with Gasteiger partial charge in [-0.15, -0.1) is 0 Å². The zero-order valence-electron chi connectivity index (χ0n) is 10.4. The van der Waals surface area contributed by atoms with Gasteiger partial charge in [0.2, 0.25) is 0 Å². The highest BCUT2D eigenvalue weighted by Gasteiger charge is 2.55. The van der Waals surface area contributed by atoms with Gasteiger partial charge in [0.25, 0.3) is 0 Å². The van der Waals surface area contributed by atoms with Crippen molar-refractivity contribution in [2.45, 2.75) is 37.4 Å². The van der Waals surface area contributed by atoms with E-state index in [0.29, 0.717) is 6.61 Å². The van der Waals surface area contributed by atoms with Crippen LogP contribution in [0.1, 0.15) is 25.2 Å². The Labute approximate surface area is 106 Å². The molecule has 18 heavy (non-hydrogen) atoms. The Morgan fingerprint density at radius 3 is 2.72 bits per heavy atom. The van der Waals surface area contributed by atoms with E-state index in [1.54, 1.807) is 0 Å². The third-order valence-electron chi connectivity index (χ3n) is 3.90. The molecule has 0 aliphatic carbocycles. The van der Waals surface area contributed by atoms with Crippen molar-refractivity contribution in [2.75, 3.05) is 13.2 Å². The van der Waals surface area contributed by atoms with Crippen molar-refractivity contribution >= 4 is 0 Å². The normalized spacial score (nSPS) is 38.9. The number of hydrogen-bond donors (Lipinski definition) is 1. The molecule has 2 aliphatic rings.